The third kappa shape index (κ3) is 4.63. The van der Waals surface area contributed by atoms with Gasteiger partial charge in [-0.05, 0) is 29.8 Å². The molecule has 0 fully saturated rings. The smallest absolute Gasteiger partial charge is 0.223 e. The van der Waals surface area contributed by atoms with Crippen LogP contribution in [0.2, 0.25) is 0 Å². The molecule has 24 heavy (non-hydrogen) atoms. The fourth-order valence-corrected chi connectivity index (χ4v) is 2.56. The van der Waals surface area contributed by atoms with Crippen molar-refractivity contribution in [3.8, 4) is 17.2 Å². The van der Waals surface area contributed by atoms with Crippen molar-refractivity contribution in [3.05, 3.63) is 47.3 Å². The number of benzene rings is 1. The summed E-state index contributed by atoms with van der Waals surface area (Å²) in [6, 6.07) is 9.86. The molecule has 0 N–H and O–H groups in total. The van der Waals surface area contributed by atoms with E-state index in [2.05, 4.69) is 17.6 Å². The first-order valence-electron chi connectivity index (χ1n) is 7.60. The summed E-state index contributed by atoms with van der Waals surface area (Å²) in [5.74, 6) is 2.46. The Labute approximate surface area is 161 Å². The van der Waals surface area contributed by atoms with Crippen LogP contribution < -0.4 is 42.8 Å². The lowest BCUT2D eigenvalue weighted by Crippen LogP contribution is -3.00. The molecule has 0 unspecified atom stereocenters. The molecule has 0 saturated heterocycles. The minimum Gasteiger partial charge on any atom is -1.00 e. The summed E-state index contributed by atoms with van der Waals surface area (Å²) in [4.78, 5) is 0. The van der Waals surface area contributed by atoms with Gasteiger partial charge in [0.05, 0.1) is 21.3 Å². The summed E-state index contributed by atoms with van der Waals surface area (Å²) in [6.07, 6.45) is 5.04. The van der Waals surface area contributed by atoms with Gasteiger partial charge in [-0.25, -0.2) is 0 Å². The first-order chi connectivity index (χ1) is 11.1. The summed E-state index contributed by atoms with van der Waals surface area (Å²) in [7, 11) is 7.05. The standard InChI is InChI=1S/C19H24NO3.HI/c1-6-18-19(23-5)10-9-15(20(18)2)8-7-14-11-16(21-3)13-17(12-14)22-4;/h7-13H,6H2,1-5H3;1H/q+1;/p-1/b8-7+;. The van der Waals surface area contributed by atoms with Gasteiger partial charge in [0.2, 0.25) is 11.4 Å². The van der Waals surface area contributed by atoms with Crippen LogP contribution in [0.3, 0.4) is 0 Å². The maximum atomic E-state index is 5.42. The summed E-state index contributed by atoms with van der Waals surface area (Å²) < 4.78 is 18.2. The largest absolute Gasteiger partial charge is 1.00 e. The Morgan fingerprint density at radius 1 is 0.917 bits per heavy atom. The lowest BCUT2D eigenvalue weighted by atomic mass is 10.1. The van der Waals surface area contributed by atoms with Crippen LogP contribution in [0.4, 0.5) is 0 Å². The Morgan fingerprint density at radius 3 is 2.04 bits per heavy atom. The maximum absolute atomic E-state index is 5.42. The van der Waals surface area contributed by atoms with Crippen molar-refractivity contribution in [2.75, 3.05) is 21.3 Å². The molecule has 0 bridgehead atoms. The zero-order chi connectivity index (χ0) is 16.8. The molecule has 0 aliphatic rings. The average molecular weight is 441 g/mol. The van der Waals surface area contributed by atoms with Crippen molar-refractivity contribution in [2.24, 2.45) is 7.05 Å². The minimum atomic E-state index is 0. The van der Waals surface area contributed by atoms with Crippen molar-refractivity contribution < 1.29 is 42.8 Å². The quantitative estimate of drug-likeness (QED) is 0.477. The van der Waals surface area contributed by atoms with E-state index in [9.17, 15) is 0 Å². The Balaban J connectivity index is 0.00000288. The molecule has 0 radical (unpaired) electrons. The van der Waals surface area contributed by atoms with Crippen LogP contribution in [-0.2, 0) is 13.5 Å². The highest BCUT2D eigenvalue weighted by atomic mass is 127. The van der Waals surface area contributed by atoms with Gasteiger partial charge in [0, 0.05) is 24.6 Å². The minimum absolute atomic E-state index is 0. The Bertz CT molecular complexity index is 692. The summed E-state index contributed by atoms with van der Waals surface area (Å²) in [5, 5.41) is 0. The molecule has 0 atom stereocenters. The number of rotatable bonds is 6. The molecule has 1 aromatic carbocycles. The van der Waals surface area contributed by atoms with Crippen molar-refractivity contribution in [3.63, 3.8) is 0 Å². The number of aromatic nitrogens is 1. The third-order valence-electron chi connectivity index (χ3n) is 3.86. The highest BCUT2D eigenvalue weighted by Crippen LogP contribution is 2.24. The van der Waals surface area contributed by atoms with Crippen LogP contribution in [0.25, 0.3) is 12.2 Å². The van der Waals surface area contributed by atoms with Gasteiger partial charge in [-0.2, -0.15) is 4.57 Å². The second-order valence-electron chi connectivity index (χ2n) is 5.17. The maximum Gasteiger partial charge on any atom is 0.223 e. The Hall–Kier alpha value is -1.76. The van der Waals surface area contributed by atoms with E-state index in [1.54, 1.807) is 21.3 Å². The van der Waals surface area contributed by atoms with Crippen LogP contribution >= 0.6 is 0 Å². The van der Waals surface area contributed by atoms with Gasteiger partial charge >= 0.3 is 0 Å². The fourth-order valence-electron chi connectivity index (χ4n) is 2.56. The van der Waals surface area contributed by atoms with E-state index in [4.69, 9.17) is 14.2 Å². The molecule has 1 aromatic heterocycles. The predicted octanol–water partition coefficient (Wildman–Crippen LogP) is 0.274. The summed E-state index contributed by atoms with van der Waals surface area (Å²) in [6.45, 7) is 2.12. The van der Waals surface area contributed by atoms with Crippen molar-refractivity contribution in [2.45, 2.75) is 13.3 Å². The SMILES string of the molecule is CCc1c(OC)ccc(/C=C/c2cc(OC)cc(OC)c2)[n+]1C.[I-]. The normalized spacial score (nSPS) is 10.4. The number of hydrogen-bond acceptors (Lipinski definition) is 3. The van der Waals surface area contributed by atoms with Gasteiger partial charge < -0.3 is 38.2 Å². The lowest BCUT2D eigenvalue weighted by molar-refractivity contribution is -0.681. The second-order valence-corrected chi connectivity index (χ2v) is 5.17. The van der Waals surface area contributed by atoms with Gasteiger partial charge in [0.25, 0.3) is 0 Å². The van der Waals surface area contributed by atoms with E-state index < -0.39 is 0 Å². The molecular formula is C19H24INO3. The van der Waals surface area contributed by atoms with Crippen molar-refractivity contribution in [1.29, 1.82) is 0 Å². The molecule has 0 aliphatic carbocycles. The summed E-state index contributed by atoms with van der Waals surface area (Å²) in [5.41, 5.74) is 3.29. The van der Waals surface area contributed by atoms with Crippen molar-refractivity contribution >= 4 is 12.2 Å². The molecule has 0 aliphatic heterocycles. The van der Waals surface area contributed by atoms with Gasteiger partial charge in [0.15, 0.2) is 5.75 Å². The van der Waals surface area contributed by atoms with E-state index in [1.807, 2.05) is 43.5 Å². The zero-order valence-electron chi connectivity index (χ0n) is 14.8. The number of methoxy groups -OCH3 is 3. The highest BCUT2D eigenvalue weighted by Gasteiger charge is 2.15. The monoisotopic (exact) mass is 441 g/mol. The Kier molecular flexibility index (Phi) is 8.04. The topological polar surface area (TPSA) is 31.6 Å². The van der Waals surface area contributed by atoms with Gasteiger partial charge in [0.1, 0.15) is 18.5 Å². The highest BCUT2D eigenvalue weighted by molar-refractivity contribution is 5.69. The average Bonchev–Trinajstić information content (AvgIpc) is 2.59. The summed E-state index contributed by atoms with van der Waals surface area (Å²) >= 11 is 0. The molecule has 130 valence electrons. The molecule has 2 rings (SSSR count). The van der Waals surface area contributed by atoms with E-state index in [0.29, 0.717) is 0 Å². The van der Waals surface area contributed by atoms with E-state index in [-0.39, 0.29) is 24.0 Å². The van der Waals surface area contributed by atoms with E-state index in [1.165, 1.54) is 0 Å². The number of ether oxygens (including phenoxy) is 3. The molecule has 0 saturated carbocycles. The van der Waals surface area contributed by atoms with E-state index >= 15 is 0 Å². The van der Waals surface area contributed by atoms with Crippen molar-refractivity contribution in [1.82, 2.24) is 0 Å². The lowest BCUT2D eigenvalue weighted by Gasteiger charge is -2.07. The number of halogens is 1. The fraction of sp³-hybridized carbons (Fsp3) is 0.316. The first-order valence-corrected chi connectivity index (χ1v) is 7.60. The number of hydrogen-bond donors (Lipinski definition) is 0. The molecule has 2 aromatic rings. The first kappa shape index (κ1) is 20.3. The van der Waals surface area contributed by atoms with Crippen LogP contribution in [0.5, 0.6) is 17.2 Å². The van der Waals surface area contributed by atoms with E-state index in [0.717, 1.165) is 40.6 Å². The molecule has 1 heterocycles. The van der Waals surface area contributed by atoms with Crippen LogP contribution in [0, 0.1) is 0 Å². The number of pyridine rings is 1. The third-order valence-corrected chi connectivity index (χ3v) is 3.86. The number of nitrogens with zero attached hydrogens (tertiary/aromatic N) is 1. The van der Waals surface area contributed by atoms with Gasteiger partial charge in [-0.15, -0.1) is 0 Å². The van der Waals surface area contributed by atoms with Gasteiger partial charge in [-0.1, -0.05) is 6.92 Å². The van der Waals surface area contributed by atoms with Crippen LogP contribution in [-0.4, -0.2) is 21.3 Å². The zero-order valence-corrected chi connectivity index (χ0v) is 17.0. The molecule has 5 heteroatoms. The predicted molar refractivity (Wildman–Crippen MR) is 92.0 cm³/mol. The van der Waals surface area contributed by atoms with Crippen LogP contribution in [0.1, 0.15) is 23.9 Å². The molecular weight excluding hydrogens is 417 g/mol. The van der Waals surface area contributed by atoms with Gasteiger partial charge in [-0.3, -0.25) is 0 Å². The van der Waals surface area contributed by atoms with Crippen LogP contribution in [0.15, 0.2) is 30.3 Å². The molecule has 4 nitrogen and oxygen atoms in total. The Morgan fingerprint density at radius 2 is 1.54 bits per heavy atom. The second kappa shape index (κ2) is 9.52. The molecule has 0 amide bonds. The molecule has 0 spiro atoms.